The van der Waals surface area contributed by atoms with Crippen LogP contribution in [0, 0.1) is 0 Å². The lowest BCUT2D eigenvalue weighted by Gasteiger charge is -2.31. The van der Waals surface area contributed by atoms with Crippen LogP contribution in [0.1, 0.15) is 58.1 Å². The van der Waals surface area contributed by atoms with Crippen LogP contribution in [-0.4, -0.2) is 57.4 Å². The molecule has 0 N–H and O–H groups in total. The highest BCUT2D eigenvalue weighted by atomic mass is 16.3. The summed E-state index contributed by atoms with van der Waals surface area (Å²) in [6.07, 6.45) is 9.09. The Bertz CT molecular complexity index is 1030. The highest BCUT2D eigenvalue weighted by Gasteiger charge is 2.27. The minimum absolute atomic E-state index is 0.0433. The summed E-state index contributed by atoms with van der Waals surface area (Å²) in [7, 11) is 0. The lowest BCUT2D eigenvalue weighted by atomic mass is 9.89. The van der Waals surface area contributed by atoms with Crippen molar-refractivity contribution in [3.05, 3.63) is 59.8 Å². The van der Waals surface area contributed by atoms with Gasteiger partial charge < -0.3 is 14.2 Å². The van der Waals surface area contributed by atoms with Gasteiger partial charge in [-0.05, 0) is 61.4 Å². The maximum Gasteiger partial charge on any atom is 0.289 e. The van der Waals surface area contributed by atoms with Gasteiger partial charge in [-0.2, -0.15) is 5.10 Å². The zero-order valence-electron chi connectivity index (χ0n) is 16.3. The molecule has 0 spiro atoms. The van der Waals surface area contributed by atoms with Crippen molar-refractivity contribution in [3.63, 3.8) is 0 Å². The van der Waals surface area contributed by atoms with E-state index in [4.69, 9.17) is 4.42 Å². The van der Waals surface area contributed by atoms with Crippen molar-refractivity contribution >= 4 is 17.3 Å². The molecule has 3 aromatic heterocycles. The van der Waals surface area contributed by atoms with Crippen molar-refractivity contribution in [2.45, 2.75) is 31.6 Å². The predicted molar refractivity (Wildman–Crippen MR) is 107 cm³/mol. The SMILES string of the molecule is O=C(c1ccco1)N1CCC(c2ccn3ncc(C(=O)N4CCCC4)c3c2)CC1. The number of carbonyl (C=O) groups is 2. The third-order valence-corrected chi connectivity index (χ3v) is 6.15. The maximum absolute atomic E-state index is 12.9. The zero-order chi connectivity index (χ0) is 19.8. The molecule has 2 amide bonds. The van der Waals surface area contributed by atoms with Gasteiger partial charge in [-0.1, -0.05) is 0 Å². The molecule has 2 fully saturated rings. The van der Waals surface area contributed by atoms with E-state index in [0.29, 0.717) is 30.3 Å². The first-order valence-electron chi connectivity index (χ1n) is 10.3. The number of hydrogen-bond donors (Lipinski definition) is 0. The smallest absolute Gasteiger partial charge is 0.289 e. The van der Waals surface area contributed by atoms with Crippen LogP contribution in [0.25, 0.3) is 5.52 Å². The third kappa shape index (κ3) is 3.30. The average molecular weight is 392 g/mol. The molecule has 5 rings (SSSR count). The molecular formula is C22H24N4O3. The van der Waals surface area contributed by atoms with Crippen LogP contribution in [0.3, 0.4) is 0 Å². The molecule has 7 heteroatoms. The van der Waals surface area contributed by atoms with Crippen LogP contribution < -0.4 is 0 Å². The van der Waals surface area contributed by atoms with E-state index in [-0.39, 0.29) is 11.8 Å². The molecule has 3 aromatic rings. The molecule has 2 aliphatic rings. The highest BCUT2D eigenvalue weighted by Crippen LogP contribution is 2.30. The van der Waals surface area contributed by atoms with Gasteiger partial charge in [0.15, 0.2) is 5.76 Å². The second kappa shape index (κ2) is 7.39. The fourth-order valence-electron chi connectivity index (χ4n) is 4.48. The zero-order valence-corrected chi connectivity index (χ0v) is 16.3. The number of aromatic nitrogens is 2. The Balaban J connectivity index is 1.33. The van der Waals surface area contributed by atoms with E-state index in [1.54, 1.807) is 22.8 Å². The Hall–Kier alpha value is -3.09. The molecule has 0 aromatic carbocycles. The first-order chi connectivity index (χ1) is 14.2. The number of furan rings is 1. The summed E-state index contributed by atoms with van der Waals surface area (Å²) in [6.45, 7) is 3.07. The summed E-state index contributed by atoms with van der Waals surface area (Å²) >= 11 is 0. The quantitative estimate of drug-likeness (QED) is 0.686. The van der Waals surface area contributed by atoms with Crippen molar-refractivity contribution < 1.29 is 14.0 Å². The Morgan fingerprint density at radius 2 is 1.76 bits per heavy atom. The molecule has 5 heterocycles. The molecular weight excluding hydrogens is 368 g/mol. The average Bonchev–Trinajstić information content (AvgIpc) is 3.54. The van der Waals surface area contributed by atoms with Gasteiger partial charge in [0.25, 0.3) is 11.8 Å². The topological polar surface area (TPSA) is 71.1 Å². The van der Waals surface area contributed by atoms with Crippen molar-refractivity contribution in [3.8, 4) is 0 Å². The Kier molecular flexibility index (Phi) is 4.58. The number of rotatable bonds is 3. The van der Waals surface area contributed by atoms with Crippen molar-refractivity contribution in [1.29, 1.82) is 0 Å². The molecule has 2 aliphatic heterocycles. The molecule has 0 atom stereocenters. The van der Waals surface area contributed by atoms with Gasteiger partial charge >= 0.3 is 0 Å². The number of likely N-dealkylation sites (tertiary alicyclic amines) is 2. The molecule has 0 saturated carbocycles. The van der Waals surface area contributed by atoms with E-state index in [0.717, 1.165) is 44.3 Å². The molecule has 2 saturated heterocycles. The number of fused-ring (bicyclic) bond motifs is 1. The van der Waals surface area contributed by atoms with Crippen LogP contribution in [-0.2, 0) is 0 Å². The summed E-state index contributed by atoms with van der Waals surface area (Å²) in [5.41, 5.74) is 2.76. The van der Waals surface area contributed by atoms with Gasteiger partial charge in [0.2, 0.25) is 0 Å². The van der Waals surface area contributed by atoms with Crippen molar-refractivity contribution in [1.82, 2.24) is 19.4 Å². The molecule has 0 radical (unpaired) electrons. The van der Waals surface area contributed by atoms with Gasteiger partial charge in [-0.3, -0.25) is 9.59 Å². The number of carbonyl (C=O) groups excluding carboxylic acids is 2. The molecule has 7 nitrogen and oxygen atoms in total. The molecule has 0 bridgehead atoms. The van der Waals surface area contributed by atoms with Crippen LogP contribution in [0.4, 0.5) is 0 Å². The summed E-state index contributed by atoms with van der Waals surface area (Å²) < 4.78 is 7.02. The van der Waals surface area contributed by atoms with Crippen LogP contribution in [0.2, 0.25) is 0 Å². The van der Waals surface area contributed by atoms with E-state index in [1.165, 1.54) is 11.8 Å². The number of nitrogens with zero attached hydrogens (tertiary/aromatic N) is 4. The monoisotopic (exact) mass is 392 g/mol. The second-order valence-corrected chi connectivity index (χ2v) is 7.89. The first-order valence-corrected chi connectivity index (χ1v) is 10.3. The van der Waals surface area contributed by atoms with Crippen molar-refractivity contribution in [2.75, 3.05) is 26.2 Å². The van der Waals surface area contributed by atoms with Crippen LogP contribution in [0.15, 0.2) is 47.3 Å². The number of amides is 2. The minimum atomic E-state index is -0.0433. The van der Waals surface area contributed by atoms with Gasteiger partial charge in [0, 0.05) is 32.4 Å². The van der Waals surface area contributed by atoms with Gasteiger partial charge in [0.05, 0.1) is 23.5 Å². The Morgan fingerprint density at radius 3 is 2.48 bits per heavy atom. The van der Waals surface area contributed by atoms with Crippen molar-refractivity contribution in [2.24, 2.45) is 0 Å². The maximum atomic E-state index is 12.9. The predicted octanol–water partition coefficient (Wildman–Crippen LogP) is 3.18. The van der Waals surface area contributed by atoms with Crippen LogP contribution >= 0.6 is 0 Å². The van der Waals surface area contributed by atoms with E-state index in [2.05, 4.69) is 17.2 Å². The van der Waals surface area contributed by atoms with E-state index in [9.17, 15) is 9.59 Å². The molecule has 29 heavy (non-hydrogen) atoms. The highest BCUT2D eigenvalue weighted by molar-refractivity contribution is 6.00. The number of pyridine rings is 1. The third-order valence-electron chi connectivity index (χ3n) is 6.15. The summed E-state index contributed by atoms with van der Waals surface area (Å²) in [4.78, 5) is 29.1. The fraction of sp³-hybridized carbons (Fsp3) is 0.409. The van der Waals surface area contributed by atoms with E-state index >= 15 is 0 Å². The second-order valence-electron chi connectivity index (χ2n) is 7.89. The summed E-state index contributed by atoms with van der Waals surface area (Å²) in [5, 5.41) is 4.37. The fourth-order valence-corrected chi connectivity index (χ4v) is 4.48. The minimum Gasteiger partial charge on any atom is -0.459 e. The molecule has 0 aliphatic carbocycles. The normalized spacial score (nSPS) is 17.9. The number of hydrogen-bond acceptors (Lipinski definition) is 4. The largest absolute Gasteiger partial charge is 0.459 e. The summed E-state index contributed by atoms with van der Waals surface area (Å²) in [6, 6.07) is 7.63. The Morgan fingerprint density at radius 1 is 1.00 bits per heavy atom. The molecule has 0 unspecified atom stereocenters. The number of piperidine rings is 1. The lowest BCUT2D eigenvalue weighted by molar-refractivity contribution is 0.0680. The van der Waals surface area contributed by atoms with E-state index in [1.807, 2.05) is 16.0 Å². The lowest BCUT2D eigenvalue weighted by Crippen LogP contribution is -2.37. The van der Waals surface area contributed by atoms with Gasteiger partial charge in [-0.25, -0.2) is 4.52 Å². The van der Waals surface area contributed by atoms with E-state index < -0.39 is 0 Å². The summed E-state index contributed by atoms with van der Waals surface area (Å²) in [5.74, 6) is 0.797. The van der Waals surface area contributed by atoms with Gasteiger partial charge in [0.1, 0.15) is 0 Å². The first kappa shape index (κ1) is 18.0. The van der Waals surface area contributed by atoms with Gasteiger partial charge in [-0.15, -0.1) is 0 Å². The molecule has 150 valence electrons. The standard InChI is InChI=1S/C22H24N4O3/c27-21(24-8-1-2-9-24)18-15-23-26-12-7-17(14-19(18)26)16-5-10-25(11-6-16)22(28)20-4-3-13-29-20/h3-4,7,12-16H,1-2,5-6,8-11H2. The Labute approximate surface area is 168 Å². The van der Waals surface area contributed by atoms with Crippen LogP contribution in [0.5, 0.6) is 0 Å².